The minimum atomic E-state index is -0.431. The van der Waals surface area contributed by atoms with Crippen LogP contribution in [-0.2, 0) is 17.8 Å². The molecule has 0 saturated carbocycles. The molecule has 0 radical (unpaired) electrons. The van der Waals surface area contributed by atoms with Crippen molar-refractivity contribution in [1.82, 2.24) is 36.2 Å². The number of tetrazole rings is 1. The first-order chi connectivity index (χ1) is 16.0. The summed E-state index contributed by atoms with van der Waals surface area (Å²) in [5.74, 6) is -0.244. The van der Waals surface area contributed by atoms with Gasteiger partial charge in [-0.3, -0.25) is 20.4 Å². The fourth-order valence-corrected chi connectivity index (χ4v) is 3.34. The average Bonchev–Trinajstić information content (AvgIpc) is 3.43. The third-order valence-corrected chi connectivity index (χ3v) is 5.18. The second-order valence-corrected chi connectivity index (χ2v) is 7.57. The molecule has 0 spiro atoms. The first-order valence-corrected chi connectivity index (χ1v) is 10.5. The van der Waals surface area contributed by atoms with Gasteiger partial charge < -0.3 is 4.52 Å². The van der Waals surface area contributed by atoms with Crippen LogP contribution in [-0.4, -0.2) is 37.2 Å². The number of carbonyl (C=O) groups excluding carboxylic acids is 2. The Kier molecular flexibility index (Phi) is 6.75. The molecule has 168 valence electrons. The summed E-state index contributed by atoms with van der Waals surface area (Å²) in [6.45, 7) is 2.15. The smallest absolute Gasteiger partial charge is 0.269 e. The van der Waals surface area contributed by atoms with Crippen molar-refractivity contribution in [3.05, 3.63) is 82.2 Å². The second-order valence-electron chi connectivity index (χ2n) is 7.23. The van der Waals surface area contributed by atoms with Crippen LogP contribution in [0, 0.1) is 6.92 Å². The van der Waals surface area contributed by atoms with E-state index in [0.717, 1.165) is 11.1 Å². The van der Waals surface area contributed by atoms with Gasteiger partial charge in [0.25, 0.3) is 5.91 Å². The Balaban J connectivity index is 1.27. The molecule has 2 aromatic carbocycles. The number of amides is 2. The van der Waals surface area contributed by atoms with Crippen LogP contribution in [0.2, 0.25) is 5.22 Å². The number of nitrogens with zero attached hydrogens (tertiary/aromatic N) is 5. The van der Waals surface area contributed by atoms with Crippen LogP contribution >= 0.6 is 11.6 Å². The molecule has 0 bridgehead atoms. The van der Waals surface area contributed by atoms with Crippen LogP contribution in [0.15, 0.2) is 59.1 Å². The molecule has 10 nitrogen and oxygen atoms in total. The summed E-state index contributed by atoms with van der Waals surface area (Å²) in [5, 5.41) is 16.4. The van der Waals surface area contributed by atoms with Crippen molar-refractivity contribution in [2.45, 2.75) is 26.3 Å². The first-order valence-electron chi connectivity index (χ1n) is 10.1. The average molecular weight is 466 g/mol. The first kappa shape index (κ1) is 22.2. The van der Waals surface area contributed by atoms with Gasteiger partial charge in [0.05, 0.1) is 12.2 Å². The Morgan fingerprint density at radius 3 is 2.52 bits per heavy atom. The highest BCUT2D eigenvalue weighted by Crippen LogP contribution is 2.20. The monoisotopic (exact) mass is 465 g/mol. The summed E-state index contributed by atoms with van der Waals surface area (Å²) in [5.41, 5.74) is 8.27. The molecule has 4 rings (SSSR count). The maximum absolute atomic E-state index is 12.3. The minimum Gasteiger partial charge on any atom is -0.344 e. The van der Waals surface area contributed by atoms with Crippen molar-refractivity contribution in [1.29, 1.82) is 0 Å². The van der Waals surface area contributed by atoms with Gasteiger partial charge in [-0.1, -0.05) is 47.6 Å². The van der Waals surface area contributed by atoms with E-state index >= 15 is 0 Å². The maximum atomic E-state index is 12.3. The zero-order chi connectivity index (χ0) is 23.2. The van der Waals surface area contributed by atoms with Crippen molar-refractivity contribution in [2.24, 2.45) is 0 Å². The van der Waals surface area contributed by atoms with Gasteiger partial charge in [0, 0.05) is 23.1 Å². The third-order valence-electron chi connectivity index (χ3n) is 4.88. The van der Waals surface area contributed by atoms with Crippen LogP contribution in [0.3, 0.4) is 0 Å². The van der Waals surface area contributed by atoms with E-state index in [0.29, 0.717) is 35.6 Å². The summed E-state index contributed by atoms with van der Waals surface area (Å²) >= 11 is 5.89. The minimum absolute atomic E-state index is 0.122. The van der Waals surface area contributed by atoms with Crippen LogP contribution in [0.4, 0.5) is 0 Å². The van der Waals surface area contributed by atoms with E-state index in [1.807, 2.05) is 30.3 Å². The lowest BCUT2D eigenvalue weighted by Crippen LogP contribution is -2.41. The van der Waals surface area contributed by atoms with E-state index in [2.05, 4.69) is 31.4 Å². The fourth-order valence-electron chi connectivity index (χ4n) is 3.08. The van der Waals surface area contributed by atoms with Gasteiger partial charge in [-0.05, 0) is 47.9 Å². The SMILES string of the molecule is Cc1noc(Cl)c1CCC(=O)NNC(=O)c1ccc(Cn2nnc(-c3ccccc3)n2)cc1. The molecule has 2 N–H and O–H groups in total. The van der Waals surface area contributed by atoms with Gasteiger partial charge in [0.15, 0.2) is 0 Å². The molecule has 11 heteroatoms. The molecule has 2 amide bonds. The van der Waals surface area contributed by atoms with E-state index in [1.165, 1.54) is 4.80 Å². The quantitative estimate of drug-likeness (QED) is 0.401. The van der Waals surface area contributed by atoms with Crippen molar-refractivity contribution in [2.75, 3.05) is 0 Å². The van der Waals surface area contributed by atoms with Gasteiger partial charge in [0.2, 0.25) is 17.0 Å². The molecule has 0 atom stereocenters. The van der Waals surface area contributed by atoms with E-state index in [4.69, 9.17) is 16.1 Å². The maximum Gasteiger partial charge on any atom is 0.269 e. The Labute approximate surface area is 193 Å². The molecule has 2 aromatic heterocycles. The molecule has 4 aromatic rings. The Morgan fingerprint density at radius 2 is 1.82 bits per heavy atom. The molecule has 0 unspecified atom stereocenters. The zero-order valence-electron chi connectivity index (χ0n) is 17.7. The van der Waals surface area contributed by atoms with Crippen LogP contribution in [0.5, 0.6) is 0 Å². The summed E-state index contributed by atoms with van der Waals surface area (Å²) in [4.78, 5) is 25.8. The van der Waals surface area contributed by atoms with Crippen molar-refractivity contribution in [3.8, 4) is 11.4 Å². The fraction of sp³-hybridized carbons (Fsp3) is 0.182. The van der Waals surface area contributed by atoms with Crippen molar-refractivity contribution < 1.29 is 14.1 Å². The molecule has 2 heterocycles. The number of hydrogen-bond acceptors (Lipinski definition) is 7. The second kappa shape index (κ2) is 10.0. The molecule has 0 saturated heterocycles. The Bertz CT molecular complexity index is 1230. The normalized spacial score (nSPS) is 10.7. The molecular formula is C22H20ClN7O3. The lowest BCUT2D eigenvalue weighted by Gasteiger charge is -2.08. The number of rotatable bonds is 7. The lowest BCUT2D eigenvalue weighted by atomic mass is 10.1. The predicted molar refractivity (Wildman–Crippen MR) is 119 cm³/mol. The van der Waals surface area contributed by atoms with Gasteiger partial charge in [-0.15, -0.1) is 10.2 Å². The van der Waals surface area contributed by atoms with Crippen molar-refractivity contribution >= 4 is 23.4 Å². The molecule has 0 fully saturated rings. The largest absolute Gasteiger partial charge is 0.344 e. The van der Waals surface area contributed by atoms with Gasteiger partial charge in [-0.2, -0.15) is 4.80 Å². The van der Waals surface area contributed by atoms with E-state index < -0.39 is 5.91 Å². The standard InChI is InChI=1S/C22H20ClN7O3/c1-14-18(20(23)33-28-14)11-12-19(31)24-26-22(32)17-9-7-15(8-10-17)13-30-27-21(25-29-30)16-5-3-2-4-6-16/h2-10H,11-13H2,1H3,(H,24,31)(H,26,32). The number of halogens is 1. The molecule has 0 aliphatic heterocycles. The van der Waals surface area contributed by atoms with Gasteiger partial charge in [0.1, 0.15) is 0 Å². The number of benzene rings is 2. The highest BCUT2D eigenvalue weighted by molar-refractivity contribution is 6.29. The number of aryl methyl sites for hydroxylation is 1. The van der Waals surface area contributed by atoms with E-state index in [9.17, 15) is 9.59 Å². The molecular weight excluding hydrogens is 446 g/mol. The topological polar surface area (TPSA) is 128 Å². The summed E-state index contributed by atoms with van der Waals surface area (Å²) in [7, 11) is 0. The lowest BCUT2D eigenvalue weighted by molar-refractivity contribution is -0.121. The van der Waals surface area contributed by atoms with Crippen molar-refractivity contribution in [3.63, 3.8) is 0 Å². The van der Waals surface area contributed by atoms with Gasteiger partial charge in [-0.25, -0.2) is 0 Å². The Hall–Kier alpha value is -4.05. The van der Waals surface area contributed by atoms with Crippen LogP contribution in [0.25, 0.3) is 11.4 Å². The van der Waals surface area contributed by atoms with Crippen LogP contribution < -0.4 is 10.9 Å². The molecule has 33 heavy (non-hydrogen) atoms. The number of carbonyl (C=O) groups is 2. The molecule has 0 aliphatic carbocycles. The number of nitrogens with one attached hydrogen (secondary N) is 2. The summed E-state index contributed by atoms with van der Waals surface area (Å²) < 4.78 is 4.85. The summed E-state index contributed by atoms with van der Waals surface area (Å²) in [6, 6.07) is 16.5. The Morgan fingerprint density at radius 1 is 1.06 bits per heavy atom. The number of aromatic nitrogens is 5. The van der Waals surface area contributed by atoms with Crippen LogP contribution in [0.1, 0.15) is 33.6 Å². The summed E-state index contributed by atoms with van der Waals surface area (Å²) in [6.07, 6.45) is 0.476. The third kappa shape index (κ3) is 5.60. The highest BCUT2D eigenvalue weighted by Gasteiger charge is 2.14. The van der Waals surface area contributed by atoms with E-state index in [1.54, 1.807) is 31.2 Å². The highest BCUT2D eigenvalue weighted by atomic mass is 35.5. The zero-order valence-corrected chi connectivity index (χ0v) is 18.4. The predicted octanol–water partition coefficient (Wildman–Crippen LogP) is 2.73. The number of hydrogen-bond donors (Lipinski definition) is 2. The van der Waals surface area contributed by atoms with Gasteiger partial charge >= 0.3 is 0 Å². The molecule has 0 aliphatic rings. The van der Waals surface area contributed by atoms with E-state index in [-0.39, 0.29) is 17.5 Å². The number of hydrazine groups is 1.